The van der Waals surface area contributed by atoms with E-state index < -0.39 is 0 Å². The van der Waals surface area contributed by atoms with Crippen LogP contribution in [0.1, 0.15) is 105 Å². The zero-order valence-corrected chi connectivity index (χ0v) is 24.7. The molecule has 0 unspecified atom stereocenters. The van der Waals surface area contributed by atoms with Crippen molar-refractivity contribution in [1.29, 1.82) is 0 Å². The summed E-state index contributed by atoms with van der Waals surface area (Å²) in [7, 11) is 0. The van der Waals surface area contributed by atoms with E-state index >= 15 is 4.39 Å². The summed E-state index contributed by atoms with van der Waals surface area (Å²) < 4.78 is 17.9. The molecule has 1 aromatic rings. The van der Waals surface area contributed by atoms with E-state index in [0.717, 1.165) is 48.3 Å². The molecule has 0 amide bonds. The summed E-state index contributed by atoms with van der Waals surface area (Å²) in [5, 5.41) is 0. The molecule has 0 nitrogen and oxygen atoms in total. The van der Waals surface area contributed by atoms with E-state index in [2.05, 4.69) is 65.0 Å². The first kappa shape index (κ1) is 26.0. The van der Waals surface area contributed by atoms with Crippen LogP contribution in [0.15, 0.2) is 40.6 Å². The molecule has 0 heterocycles. The molecule has 0 bridgehead atoms. The van der Waals surface area contributed by atoms with E-state index in [-0.39, 0.29) is 20.8 Å². The molecule has 4 aliphatic carbocycles. The Morgan fingerprint density at radius 1 is 0.914 bits per heavy atom. The summed E-state index contributed by atoms with van der Waals surface area (Å²) in [5.41, 5.74) is 0.862. The summed E-state index contributed by atoms with van der Waals surface area (Å²) in [6, 6.07) is 10.7. The average molecular weight is 544 g/mol. The monoisotopic (exact) mass is 544 g/mol. The fraction of sp³-hybridized carbons (Fsp3) is 0.758. The fourth-order valence-electron chi connectivity index (χ4n) is 9.66. The fourth-order valence-corrected chi connectivity index (χ4v) is 12.1. The third kappa shape index (κ3) is 4.85. The number of rotatable bonds is 7. The number of hydrogen-bond donors (Lipinski definition) is 0. The number of hydrogen-bond acceptors (Lipinski definition) is 0. The van der Waals surface area contributed by atoms with Crippen molar-refractivity contribution in [2.24, 2.45) is 52.3 Å². The minimum absolute atomic E-state index is 0.138. The van der Waals surface area contributed by atoms with Crippen LogP contribution >= 0.6 is 0 Å². The molecule has 35 heavy (non-hydrogen) atoms. The molecule has 194 valence electrons. The van der Waals surface area contributed by atoms with Crippen molar-refractivity contribution in [2.75, 3.05) is 0 Å². The Hall–Kier alpha value is -0.591. The van der Waals surface area contributed by atoms with E-state index in [4.69, 9.17) is 0 Å². The molecule has 0 radical (unpaired) electrons. The first-order chi connectivity index (χ1) is 16.7. The number of fused-ring (bicyclic) bond motifs is 5. The molecule has 1 aromatic carbocycles. The van der Waals surface area contributed by atoms with Gasteiger partial charge in [0, 0.05) is 0 Å². The normalized spacial score (nSPS) is 39.8. The Morgan fingerprint density at radius 3 is 2.40 bits per heavy atom. The minimum atomic E-state index is 0.138. The molecule has 0 aromatic heterocycles. The van der Waals surface area contributed by atoms with Gasteiger partial charge in [0.1, 0.15) is 0 Å². The summed E-state index contributed by atoms with van der Waals surface area (Å²) in [5.74, 6) is 6.06. The van der Waals surface area contributed by atoms with E-state index in [1.807, 2.05) is 0 Å². The van der Waals surface area contributed by atoms with Crippen molar-refractivity contribution in [1.82, 2.24) is 0 Å². The van der Waals surface area contributed by atoms with Gasteiger partial charge in [-0.3, -0.25) is 0 Å². The van der Waals surface area contributed by atoms with Crippen LogP contribution < -0.4 is 4.46 Å². The summed E-state index contributed by atoms with van der Waals surface area (Å²) in [6.45, 7) is 12.6. The zero-order chi connectivity index (χ0) is 24.8. The van der Waals surface area contributed by atoms with Crippen LogP contribution in [0, 0.1) is 52.3 Å². The summed E-state index contributed by atoms with van der Waals surface area (Å²) in [4.78, 5) is 0. The molecule has 4 aliphatic rings. The third-order valence-corrected chi connectivity index (χ3v) is 13.9. The maximum absolute atomic E-state index is 15.4. The predicted molar refractivity (Wildman–Crippen MR) is 148 cm³/mol. The van der Waals surface area contributed by atoms with Gasteiger partial charge in [-0.1, -0.05) is 13.8 Å². The maximum atomic E-state index is 15.4. The number of benzene rings is 1. The van der Waals surface area contributed by atoms with Crippen molar-refractivity contribution in [3.05, 3.63) is 40.6 Å². The van der Waals surface area contributed by atoms with Gasteiger partial charge in [0.2, 0.25) is 0 Å². The molecule has 2 heteroatoms. The summed E-state index contributed by atoms with van der Waals surface area (Å²) >= 11 is 0.138. The molecule has 3 fully saturated rings. The summed E-state index contributed by atoms with van der Waals surface area (Å²) in [6.07, 6.45) is 14.3. The van der Waals surface area contributed by atoms with Crippen LogP contribution in [0.3, 0.4) is 0 Å². The Bertz CT molecular complexity index is 905. The van der Waals surface area contributed by atoms with Crippen LogP contribution in [-0.2, 0) is 0 Å². The van der Waals surface area contributed by atoms with Gasteiger partial charge < -0.3 is 0 Å². The molecule has 8 atom stereocenters. The van der Waals surface area contributed by atoms with Gasteiger partial charge in [-0.05, 0) is 5.92 Å². The molecular weight excluding hydrogens is 494 g/mol. The molecule has 0 saturated heterocycles. The van der Waals surface area contributed by atoms with Crippen LogP contribution in [-0.4, -0.2) is 15.0 Å². The molecule has 0 aliphatic heterocycles. The second-order valence-electron chi connectivity index (χ2n) is 13.8. The molecule has 3 saturated carbocycles. The predicted octanol–water partition coefficient (Wildman–Crippen LogP) is 8.93. The number of halogens is 1. The van der Waals surface area contributed by atoms with Gasteiger partial charge >= 0.3 is 202 Å². The molecule has 5 rings (SSSR count). The first-order valence-corrected chi connectivity index (χ1v) is 16.5. The molecule has 0 N–H and O–H groups in total. The average Bonchev–Trinajstić information content (AvgIpc) is 3.18. The van der Waals surface area contributed by atoms with E-state index in [1.54, 1.807) is 0 Å². The van der Waals surface area contributed by atoms with E-state index in [1.165, 1.54) is 66.7 Å². The Morgan fingerprint density at radius 2 is 1.66 bits per heavy atom. The van der Waals surface area contributed by atoms with Gasteiger partial charge in [-0.2, -0.15) is 0 Å². The quantitative estimate of drug-likeness (QED) is 0.301. The molecule has 0 spiro atoms. The SMILES string of the molecule is CC(C)CCC[C@@H](C)[C@H]1CC[C@H]2[C@@H]3CC[C@H]4CC(F)=C([Se]c5ccccc5)C[C@]4(C)[C@H]3CC[C@]12C. The Balaban J connectivity index is 1.32. The molecular formula is C33H49FSe. The van der Waals surface area contributed by atoms with Gasteiger partial charge in [-0.25, -0.2) is 0 Å². The first-order valence-electron chi connectivity index (χ1n) is 14.8. The standard InChI is InChI=1S/C33H49FSe/c1-22(2)10-9-11-23(3)27-16-17-28-26-15-14-24-20-30(34)31(35-25-12-7-6-8-13-25)21-33(24,5)29(26)18-19-32(27,28)4/h6-8,12-13,22-24,26-29H,9-11,14-21H2,1-5H3/t23-,24+,26+,27-,28+,29+,32-,33+/m1/s1. The van der Waals surface area contributed by atoms with Crippen LogP contribution in [0.4, 0.5) is 4.39 Å². The van der Waals surface area contributed by atoms with E-state index in [0.29, 0.717) is 16.7 Å². The van der Waals surface area contributed by atoms with Crippen molar-refractivity contribution >= 4 is 19.4 Å². The second-order valence-corrected chi connectivity index (χ2v) is 16.3. The van der Waals surface area contributed by atoms with Gasteiger partial charge in [-0.15, -0.1) is 0 Å². The van der Waals surface area contributed by atoms with Gasteiger partial charge in [0.05, 0.1) is 0 Å². The van der Waals surface area contributed by atoms with Crippen molar-refractivity contribution < 1.29 is 4.39 Å². The van der Waals surface area contributed by atoms with Gasteiger partial charge in [0.15, 0.2) is 0 Å². The van der Waals surface area contributed by atoms with Crippen molar-refractivity contribution in [2.45, 2.75) is 105 Å². The third-order valence-electron chi connectivity index (χ3n) is 11.5. The topological polar surface area (TPSA) is 0 Å². The van der Waals surface area contributed by atoms with E-state index in [9.17, 15) is 0 Å². The van der Waals surface area contributed by atoms with Crippen LogP contribution in [0.25, 0.3) is 0 Å². The van der Waals surface area contributed by atoms with Crippen LogP contribution in [0.5, 0.6) is 0 Å². The zero-order valence-electron chi connectivity index (χ0n) is 23.0. The van der Waals surface area contributed by atoms with Gasteiger partial charge in [0.25, 0.3) is 0 Å². The second kappa shape index (κ2) is 10.3. The van der Waals surface area contributed by atoms with Crippen molar-refractivity contribution in [3.8, 4) is 0 Å². The van der Waals surface area contributed by atoms with Crippen molar-refractivity contribution in [3.63, 3.8) is 0 Å². The Kier molecular flexibility index (Phi) is 7.65. The number of allylic oxidation sites excluding steroid dienone is 2. The Labute approximate surface area is 221 Å². The van der Waals surface area contributed by atoms with Crippen LogP contribution in [0.2, 0.25) is 0 Å².